The maximum Gasteiger partial charge on any atom is 0.417 e. The summed E-state index contributed by atoms with van der Waals surface area (Å²) in [6, 6.07) is 5.22. The lowest BCUT2D eigenvalue weighted by molar-refractivity contribution is -0.252. The molecule has 3 atom stereocenters. The molecule has 2 rings (SSSR count). The van der Waals surface area contributed by atoms with Crippen LogP contribution >= 0.6 is 0 Å². The number of sulfonamides is 1. The SMILES string of the molecule is C[C@@H]1C[C@H](C)CN(S(=O)(=O)c2ccc(NC(=O)C[C@](C)(O)C(F)(F)F)cc2)C1. The van der Waals surface area contributed by atoms with Gasteiger partial charge in [0.1, 0.15) is 0 Å². The predicted octanol–water partition coefficient (Wildman–Crippen LogP) is 3.00. The number of piperidine rings is 1. The molecule has 10 heteroatoms. The molecule has 1 aliphatic rings. The molecule has 1 heterocycles. The average Bonchev–Trinajstić information content (AvgIpc) is 2.52. The summed E-state index contributed by atoms with van der Waals surface area (Å²) in [5.41, 5.74) is -3.01. The maximum atomic E-state index is 12.8. The number of anilines is 1. The van der Waals surface area contributed by atoms with Gasteiger partial charge in [-0.05, 0) is 49.4 Å². The van der Waals surface area contributed by atoms with Gasteiger partial charge >= 0.3 is 6.18 Å². The van der Waals surface area contributed by atoms with Crippen LogP contribution in [0.5, 0.6) is 0 Å². The molecule has 0 bridgehead atoms. The molecule has 1 fully saturated rings. The van der Waals surface area contributed by atoms with Crippen LogP contribution in [0, 0.1) is 11.8 Å². The first-order valence-electron chi connectivity index (χ1n) is 8.91. The number of carbonyl (C=O) groups excluding carboxylic acids is 1. The van der Waals surface area contributed by atoms with Gasteiger partial charge in [0.25, 0.3) is 0 Å². The molecule has 1 amide bonds. The number of hydrogen-bond donors (Lipinski definition) is 2. The van der Waals surface area contributed by atoms with E-state index < -0.39 is 34.1 Å². The van der Waals surface area contributed by atoms with Crippen LogP contribution in [0.2, 0.25) is 0 Å². The van der Waals surface area contributed by atoms with Crippen LogP contribution in [0.25, 0.3) is 0 Å². The molecular formula is C18H25F3N2O4S. The van der Waals surface area contributed by atoms with Crippen molar-refractivity contribution in [3.8, 4) is 0 Å². The second-order valence-corrected chi connectivity index (χ2v) is 9.73. The van der Waals surface area contributed by atoms with Crippen LogP contribution in [-0.2, 0) is 14.8 Å². The van der Waals surface area contributed by atoms with Crippen LogP contribution in [0.3, 0.4) is 0 Å². The predicted molar refractivity (Wildman–Crippen MR) is 98.1 cm³/mol. The highest BCUT2D eigenvalue weighted by Gasteiger charge is 2.51. The Morgan fingerprint density at radius 1 is 1.18 bits per heavy atom. The zero-order chi connectivity index (χ0) is 21.3. The molecule has 2 N–H and O–H groups in total. The molecule has 1 saturated heterocycles. The normalized spacial score (nSPS) is 23.8. The molecule has 158 valence electrons. The van der Waals surface area contributed by atoms with Crippen molar-refractivity contribution in [1.29, 1.82) is 0 Å². The smallest absolute Gasteiger partial charge is 0.380 e. The second-order valence-electron chi connectivity index (χ2n) is 7.79. The fraction of sp³-hybridized carbons (Fsp3) is 0.611. The van der Waals surface area contributed by atoms with Crippen molar-refractivity contribution < 1.29 is 31.5 Å². The van der Waals surface area contributed by atoms with Gasteiger partial charge < -0.3 is 10.4 Å². The van der Waals surface area contributed by atoms with Crippen molar-refractivity contribution in [3.05, 3.63) is 24.3 Å². The summed E-state index contributed by atoms with van der Waals surface area (Å²) in [6.45, 7) is 5.36. The monoisotopic (exact) mass is 422 g/mol. The summed E-state index contributed by atoms with van der Waals surface area (Å²) < 4.78 is 65.0. The van der Waals surface area contributed by atoms with E-state index in [1.54, 1.807) is 0 Å². The lowest BCUT2D eigenvalue weighted by atomic mass is 9.94. The number of rotatable bonds is 5. The first-order valence-corrected chi connectivity index (χ1v) is 10.4. The highest BCUT2D eigenvalue weighted by Crippen LogP contribution is 2.33. The summed E-state index contributed by atoms with van der Waals surface area (Å²) in [5, 5.41) is 11.6. The minimum absolute atomic E-state index is 0.0501. The van der Waals surface area contributed by atoms with E-state index in [9.17, 15) is 31.5 Å². The zero-order valence-corrected chi connectivity index (χ0v) is 16.8. The maximum absolute atomic E-state index is 12.8. The van der Waals surface area contributed by atoms with Gasteiger partial charge in [-0.1, -0.05) is 13.8 Å². The van der Waals surface area contributed by atoms with E-state index in [2.05, 4.69) is 5.32 Å². The van der Waals surface area contributed by atoms with E-state index >= 15 is 0 Å². The number of aliphatic hydroxyl groups is 1. The molecule has 0 aliphatic carbocycles. The fourth-order valence-electron chi connectivity index (χ4n) is 3.28. The van der Waals surface area contributed by atoms with Gasteiger partial charge in [0.2, 0.25) is 15.9 Å². The number of benzene rings is 1. The Morgan fingerprint density at radius 3 is 2.14 bits per heavy atom. The number of halogens is 3. The van der Waals surface area contributed by atoms with E-state index in [-0.39, 0.29) is 22.4 Å². The second kappa shape index (κ2) is 8.00. The molecule has 1 aromatic carbocycles. The average molecular weight is 422 g/mol. The van der Waals surface area contributed by atoms with E-state index in [4.69, 9.17) is 0 Å². The fourth-order valence-corrected chi connectivity index (χ4v) is 4.96. The minimum atomic E-state index is -4.94. The molecule has 0 radical (unpaired) electrons. The van der Waals surface area contributed by atoms with Gasteiger partial charge in [0.05, 0.1) is 11.3 Å². The van der Waals surface area contributed by atoms with Crippen LogP contribution in [0.15, 0.2) is 29.2 Å². The Balaban J connectivity index is 2.08. The third kappa shape index (κ3) is 5.24. The van der Waals surface area contributed by atoms with Gasteiger partial charge in [-0.3, -0.25) is 4.79 Å². The summed E-state index contributed by atoms with van der Waals surface area (Å²) >= 11 is 0. The number of nitrogens with one attached hydrogen (secondary N) is 1. The Hall–Kier alpha value is -1.65. The number of amides is 1. The van der Waals surface area contributed by atoms with Gasteiger partial charge in [-0.2, -0.15) is 17.5 Å². The zero-order valence-electron chi connectivity index (χ0n) is 16.0. The Kier molecular flexibility index (Phi) is 6.47. The molecule has 1 aromatic rings. The van der Waals surface area contributed by atoms with Crippen molar-refractivity contribution in [1.82, 2.24) is 4.31 Å². The molecule has 28 heavy (non-hydrogen) atoms. The summed E-state index contributed by atoms with van der Waals surface area (Å²) in [5.74, 6) is -0.534. The number of alkyl halides is 3. The van der Waals surface area contributed by atoms with Crippen molar-refractivity contribution in [2.75, 3.05) is 18.4 Å². The Morgan fingerprint density at radius 2 is 1.68 bits per heavy atom. The molecule has 0 spiro atoms. The largest absolute Gasteiger partial charge is 0.417 e. The Labute approximate surface area is 162 Å². The van der Waals surface area contributed by atoms with E-state index in [0.717, 1.165) is 6.42 Å². The van der Waals surface area contributed by atoms with Gasteiger partial charge in [-0.15, -0.1) is 0 Å². The first kappa shape index (κ1) is 22.6. The lowest BCUT2D eigenvalue weighted by Crippen LogP contribution is -2.44. The topological polar surface area (TPSA) is 86.7 Å². The van der Waals surface area contributed by atoms with E-state index in [0.29, 0.717) is 20.0 Å². The molecule has 0 unspecified atom stereocenters. The molecular weight excluding hydrogens is 397 g/mol. The minimum Gasteiger partial charge on any atom is -0.380 e. The molecule has 0 saturated carbocycles. The third-order valence-electron chi connectivity index (χ3n) is 4.73. The van der Waals surface area contributed by atoms with Crippen LogP contribution in [-0.4, -0.2) is 48.6 Å². The molecule has 6 nitrogen and oxygen atoms in total. The first-order chi connectivity index (χ1) is 12.7. The Bertz CT molecular complexity index is 797. The van der Waals surface area contributed by atoms with Gasteiger partial charge in [0.15, 0.2) is 5.60 Å². The number of nitrogens with zero attached hydrogens (tertiary/aromatic N) is 1. The van der Waals surface area contributed by atoms with Crippen LogP contribution in [0.1, 0.15) is 33.6 Å². The number of hydrogen-bond acceptors (Lipinski definition) is 4. The van der Waals surface area contributed by atoms with E-state index in [1.807, 2.05) is 13.8 Å². The van der Waals surface area contributed by atoms with Crippen molar-refractivity contribution in [2.24, 2.45) is 11.8 Å². The summed E-state index contributed by atoms with van der Waals surface area (Å²) in [6.07, 6.45) is -5.15. The third-order valence-corrected chi connectivity index (χ3v) is 6.57. The highest BCUT2D eigenvalue weighted by atomic mass is 32.2. The van der Waals surface area contributed by atoms with Crippen LogP contribution in [0.4, 0.5) is 18.9 Å². The van der Waals surface area contributed by atoms with Crippen molar-refractivity contribution in [2.45, 2.75) is 50.3 Å². The quantitative estimate of drug-likeness (QED) is 0.764. The molecule has 0 aromatic heterocycles. The van der Waals surface area contributed by atoms with Gasteiger partial charge in [0, 0.05) is 18.8 Å². The van der Waals surface area contributed by atoms with Gasteiger partial charge in [-0.25, -0.2) is 8.42 Å². The standard InChI is InChI=1S/C18H25F3N2O4S/c1-12-8-13(2)11-23(10-12)28(26,27)15-6-4-14(5-7-15)22-16(24)9-17(3,25)18(19,20)21/h4-7,12-13,25H,8-11H2,1-3H3,(H,22,24)/t12-,13+,17-/m0/s1. The van der Waals surface area contributed by atoms with Crippen molar-refractivity contribution in [3.63, 3.8) is 0 Å². The van der Waals surface area contributed by atoms with Crippen LogP contribution < -0.4 is 5.32 Å². The summed E-state index contributed by atoms with van der Waals surface area (Å²) in [4.78, 5) is 11.8. The highest BCUT2D eigenvalue weighted by molar-refractivity contribution is 7.89. The van der Waals surface area contributed by atoms with E-state index in [1.165, 1.54) is 28.6 Å². The molecule has 1 aliphatic heterocycles. The van der Waals surface area contributed by atoms with Crippen molar-refractivity contribution >= 4 is 21.6 Å². The summed E-state index contributed by atoms with van der Waals surface area (Å²) in [7, 11) is -3.69. The lowest BCUT2D eigenvalue weighted by Gasteiger charge is -2.34. The number of carbonyl (C=O) groups is 1.